The van der Waals surface area contributed by atoms with E-state index in [-0.39, 0.29) is 24.0 Å². The van der Waals surface area contributed by atoms with E-state index >= 15 is 0 Å². The summed E-state index contributed by atoms with van der Waals surface area (Å²) in [7, 11) is 1.76. The van der Waals surface area contributed by atoms with E-state index in [0.29, 0.717) is 19.7 Å². The Morgan fingerprint density at radius 3 is 2.50 bits per heavy atom. The summed E-state index contributed by atoms with van der Waals surface area (Å²) in [5.74, 6) is 1.63. The van der Waals surface area contributed by atoms with Crippen molar-refractivity contribution in [1.29, 1.82) is 0 Å². The van der Waals surface area contributed by atoms with Gasteiger partial charge < -0.3 is 15.4 Å². The quantitative estimate of drug-likeness (QED) is 0.300. The smallest absolute Gasteiger partial charge is 0.191 e. The van der Waals surface area contributed by atoms with Crippen molar-refractivity contribution >= 4 is 29.9 Å². The van der Waals surface area contributed by atoms with Gasteiger partial charge in [-0.1, -0.05) is 36.4 Å². The highest BCUT2D eigenvalue weighted by Crippen LogP contribution is 2.17. The molecule has 148 valence electrons. The Morgan fingerprint density at radius 1 is 1.04 bits per heavy atom. The summed E-state index contributed by atoms with van der Waals surface area (Å²) in [5.41, 5.74) is 3.22. The molecule has 0 saturated carbocycles. The molecular formula is C21H26IN5O. The maximum Gasteiger partial charge on any atom is 0.191 e. The maximum atomic E-state index is 5.67. The maximum absolute atomic E-state index is 5.67. The van der Waals surface area contributed by atoms with Crippen LogP contribution in [0.4, 0.5) is 0 Å². The van der Waals surface area contributed by atoms with Crippen molar-refractivity contribution in [3.05, 3.63) is 78.1 Å². The first-order valence-corrected chi connectivity index (χ1v) is 9.04. The molecule has 2 N–H and O–H groups in total. The van der Waals surface area contributed by atoms with Gasteiger partial charge in [-0.05, 0) is 25.1 Å². The van der Waals surface area contributed by atoms with Crippen LogP contribution in [0, 0.1) is 0 Å². The number of guanidine groups is 1. The number of para-hydroxylation sites is 2. The fourth-order valence-electron chi connectivity index (χ4n) is 2.70. The normalized spacial score (nSPS) is 10.9. The van der Waals surface area contributed by atoms with Crippen LogP contribution < -0.4 is 15.4 Å². The molecule has 0 bridgehead atoms. The zero-order chi connectivity index (χ0) is 18.9. The van der Waals surface area contributed by atoms with Gasteiger partial charge in [0.05, 0.1) is 18.5 Å². The molecule has 2 aromatic carbocycles. The third kappa shape index (κ3) is 5.98. The summed E-state index contributed by atoms with van der Waals surface area (Å²) in [6.07, 6.45) is 3.87. The van der Waals surface area contributed by atoms with Crippen molar-refractivity contribution in [3.63, 3.8) is 0 Å². The Bertz CT molecular complexity index is 879. The number of halogens is 1. The summed E-state index contributed by atoms with van der Waals surface area (Å²) in [4.78, 5) is 4.29. The van der Waals surface area contributed by atoms with Crippen molar-refractivity contribution in [2.45, 2.75) is 20.0 Å². The first-order valence-electron chi connectivity index (χ1n) is 9.04. The molecule has 0 radical (unpaired) electrons. The highest BCUT2D eigenvalue weighted by Gasteiger charge is 2.05. The van der Waals surface area contributed by atoms with Gasteiger partial charge in [-0.15, -0.1) is 24.0 Å². The molecule has 0 atom stereocenters. The number of rotatable bonds is 7. The number of benzene rings is 2. The molecule has 3 aromatic rings. The number of hydrogen-bond acceptors (Lipinski definition) is 3. The highest BCUT2D eigenvalue weighted by molar-refractivity contribution is 14.0. The highest BCUT2D eigenvalue weighted by atomic mass is 127. The molecule has 0 aliphatic carbocycles. The monoisotopic (exact) mass is 491 g/mol. The Labute approximate surface area is 183 Å². The van der Waals surface area contributed by atoms with Gasteiger partial charge in [0.1, 0.15) is 5.75 Å². The van der Waals surface area contributed by atoms with Gasteiger partial charge in [-0.2, -0.15) is 5.10 Å². The third-order valence-corrected chi connectivity index (χ3v) is 4.06. The molecule has 0 saturated heterocycles. The number of aromatic nitrogens is 2. The first kappa shape index (κ1) is 21.7. The Balaban J connectivity index is 0.00000280. The van der Waals surface area contributed by atoms with Gasteiger partial charge in [-0.25, -0.2) is 4.68 Å². The lowest BCUT2D eigenvalue weighted by atomic mass is 10.2. The van der Waals surface area contributed by atoms with Crippen LogP contribution in [-0.4, -0.2) is 29.4 Å². The summed E-state index contributed by atoms with van der Waals surface area (Å²) in [6.45, 7) is 3.91. The van der Waals surface area contributed by atoms with Gasteiger partial charge >= 0.3 is 0 Å². The summed E-state index contributed by atoms with van der Waals surface area (Å²) >= 11 is 0. The minimum absolute atomic E-state index is 0. The molecule has 0 aliphatic heterocycles. The molecule has 0 aliphatic rings. The Hall–Kier alpha value is -2.55. The van der Waals surface area contributed by atoms with Crippen molar-refractivity contribution < 1.29 is 4.74 Å². The Morgan fingerprint density at radius 2 is 1.75 bits per heavy atom. The van der Waals surface area contributed by atoms with Crippen molar-refractivity contribution in [3.8, 4) is 11.4 Å². The van der Waals surface area contributed by atoms with Crippen molar-refractivity contribution in [2.75, 3.05) is 13.7 Å². The second-order valence-corrected chi connectivity index (χ2v) is 5.95. The average molecular weight is 491 g/mol. The molecule has 7 heteroatoms. The van der Waals surface area contributed by atoms with Crippen LogP contribution in [0.3, 0.4) is 0 Å². The van der Waals surface area contributed by atoms with E-state index in [9.17, 15) is 0 Å². The number of nitrogens with zero attached hydrogens (tertiary/aromatic N) is 3. The van der Waals surface area contributed by atoms with Crippen LogP contribution in [0.5, 0.6) is 5.75 Å². The standard InChI is InChI=1S/C21H25N5O.HI/c1-3-27-20-12-8-7-9-18(20)15-24-21(22-2)23-13-17-14-25-26(16-17)19-10-5-4-6-11-19;/h4-12,14,16H,3,13,15H2,1-2H3,(H2,22,23,24);1H. The van der Waals surface area contributed by atoms with Gasteiger partial charge in [0.2, 0.25) is 0 Å². The average Bonchev–Trinajstić information content (AvgIpc) is 3.19. The van der Waals surface area contributed by atoms with E-state index in [2.05, 4.69) is 26.8 Å². The molecule has 0 unspecified atom stereocenters. The SMILES string of the molecule is CCOc1ccccc1CNC(=NC)NCc1cnn(-c2ccccc2)c1.I. The van der Waals surface area contributed by atoms with Crippen LogP contribution in [0.1, 0.15) is 18.1 Å². The van der Waals surface area contributed by atoms with E-state index < -0.39 is 0 Å². The van der Waals surface area contributed by atoms with Crippen LogP contribution in [0.15, 0.2) is 72.0 Å². The van der Waals surface area contributed by atoms with Crippen LogP contribution >= 0.6 is 24.0 Å². The fraction of sp³-hybridized carbons (Fsp3) is 0.238. The lowest BCUT2D eigenvalue weighted by Crippen LogP contribution is -2.36. The third-order valence-electron chi connectivity index (χ3n) is 4.06. The van der Waals surface area contributed by atoms with E-state index in [4.69, 9.17) is 4.74 Å². The second kappa shape index (κ2) is 11.3. The van der Waals surface area contributed by atoms with Crippen LogP contribution in [-0.2, 0) is 13.1 Å². The topological polar surface area (TPSA) is 63.5 Å². The fourth-order valence-corrected chi connectivity index (χ4v) is 2.70. The number of hydrogen-bond donors (Lipinski definition) is 2. The van der Waals surface area contributed by atoms with E-state index in [1.165, 1.54) is 0 Å². The Kier molecular flexibility index (Phi) is 8.80. The predicted octanol–water partition coefficient (Wildman–Crippen LogP) is 3.75. The number of aliphatic imine (C=N–C) groups is 1. The molecule has 6 nitrogen and oxygen atoms in total. The molecule has 3 rings (SSSR count). The predicted molar refractivity (Wildman–Crippen MR) is 124 cm³/mol. The molecule has 1 aromatic heterocycles. The van der Waals surface area contributed by atoms with Gasteiger partial charge in [0.15, 0.2) is 5.96 Å². The van der Waals surface area contributed by atoms with E-state index in [1.54, 1.807) is 7.05 Å². The lowest BCUT2D eigenvalue weighted by Gasteiger charge is -2.14. The van der Waals surface area contributed by atoms with Gasteiger partial charge in [-0.3, -0.25) is 4.99 Å². The van der Waals surface area contributed by atoms with E-state index in [0.717, 1.165) is 28.5 Å². The molecule has 28 heavy (non-hydrogen) atoms. The largest absolute Gasteiger partial charge is 0.494 e. The zero-order valence-electron chi connectivity index (χ0n) is 16.1. The van der Waals surface area contributed by atoms with Crippen LogP contribution in [0.2, 0.25) is 0 Å². The molecule has 1 heterocycles. The van der Waals surface area contributed by atoms with Gasteiger partial charge in [0, 0.05) is 37.5 Å². The number of nitrogens with one attached hydrogen (secondary N) is 2. The van der Waals surface area contributed by atoms with Crippen molar-refractivity contribution in [1.82, 2.24) is 20.4 Å². The first-order chi connectivity index (χ1) is 13.3. The van der Waals surface area contributed by atoms with E-state index in [1.807, 2.05) is 72.5 Å². The summed E-state index contributed by atoms with van der Waals surface area (Å²) in [6, 6.07) is 18.1. The molecular weight excluding hydrogens is 465 g/mol. The summed E-state index contributed by atoms with van der Waals surface area (Å²) < 4.78 is 7.53. The number of ether oxygens (including phenoxy) is 1. The molecule has 0 fully saturated rings. The molecule has 0 spiro atoms. The van der Waals surface area contributed by atoms with Crippen LogP contribution in [0.25, 0.3) is 5.69 Å². The lowest BCUT2D eigenvalue weighted by molar-refractivity contribution is 0.336. The van der Waals surface area contributed by atoms with Crippen molar-refractivity contribution in [2.24, 2.45) is 4.99 Å². The second-order valence-electron chi connectivity index (χ2n) is 5.95. The summed E-state index contributed by atoms with van der Waals surface area (Å²) in [5, 5.41) is 11.1. The molecule has 0 amide bonds. The zero-order valence-corrected chi connectivity index (χ0v) is 18.5. The van der Waals surface area contributed by atoms with Gasteiger partial charge in [0.25, 0.3) is 0 Å². The minimum Gasteiger partial charge on any atom is -0.494 e. The minimum atomic E-state index is 0.